The third kappa shape index (κ3) is 4.25. The molecule has 33 heavy (non-hydrogen) atoms. The number of fused-ring (bicyclic) bond motifs is 1. The molecule has 164 valence electrons. The number of ether oxygens (including phenoxy) is 1. The summed E-state index contributed by atoms with van der Waals surface area (Å²) in [6.45, 7) is 1.33. The van der Waals surface area contributed by atoms with Crippen LogP contribution in [0, 0.1) is 5.82 Å². The van der Waals surface area contributed by atoms with E-state index in [4.69, 9.17) is 19.1 Å². The van der Waals surface area contributed by atoms with E-state index in [9.17, 15) is 9.18 Å². The predicted octanol–water partition coefficient (Wildman–Crippen LogP) is 5.24. The minimum absolute atomic E-state index is 0.267. The van der Waals surface area contributed by atoms with Gasteiger partial charge in [-0.25, -0.2) is 14.4 Å². The summed E-state index contributed by atoms with van der Waals surface area (Å²) >= 11 is 0. The molecule has 5 aromatic rings. The van der Waals surface area contributed by atoms with Crippen LogP contribution in [-0.4, -0.2) is 20.3 Å². The number of halogens is 1. The molecule has 0 bridgehead atoms. The van der Waals surface area contributed by atoms with Gasteiger partial charge in [0.05, 0.1) is 24.1 Å². The second kappa shape index (κ2) is 8.70. The molecule has 0 fully saturated rings. The van der Waals surface area contributed by atoms with Gasteiger partial charge in [-0.3, -0.25) is 9.20 Å². The van der Waals surface area contributed by atoms with Crippen molar-refractivity contribution in [2.75, 3.05) is 0 Å². The fourth-order valence-corrected chi connectivity index (χ4v) is 3.78. The van der Waals surface area contributed by atoms with Gasteiger partial charge in [0.2, 0.25) is 5.88 Å². The Bertz CT molecular complexity index is 1430. The van der Waals surface area contributed by atoms with Crippen LogP contribution in [0.2, 0.25) is 0 Å². The molecule has 0 amide bonds. The lowest BCUT2D eigenvalue weighted by molar-refractivity contribution is -0.132. The quantitative estimate of drug-likeness (QED) is 0.337. The molecule has 0 saturated heterocycles. The zero-order chi connectivity index (χ0) is 22.8. The molecule has 0 saturated carbocycles. The standard InChI is InChI=1S/C26H20FN3O3/c1-17(31)33-26-23(15-19-10-7-13-32-19)29-25-22(14-18-8-3-2-4-9-18)28-24(16-30(25)26)20-11-5-6-12-21(20)27/h2-13,16H,14-15H2,1H3. The molecule has 7 heteroatoms. The topological polar surface area (TPSA) is 69.6 Å². The van der Waals surface area contributed by atoms with E-state index in [2.05, 4.69) is 0 Å². The second-order valence-electron chi connectivity index (χ2n) is 7.62. The molecule has 6 nitrogen and oxygen atoms in total. The Morgan fingerprint density at radius 3 is 2.48 bits per heavy atom. The molecular weight excluding hydrogens is 421 g/mol. The molecular formula is C26H20FN3O3. The normalized spacial score (nSPS) is 11.1. The van der Waals surface area contributed by atoms with Crippen molar-refractivity contribution in [3.63, 3.8) is 0 Å². The van der Waals surface area contributed by atoms with Gasteiger partial charge in [0, 0.05) is 25.1 Å². The molecule has 0 unspecified atom stereocenters. The highest BCUT2D eigenvalue weighted by molar-refractivity contribution is 5.71. The van der Waals surface area contributed by atoms with Crippen LogP contribution in [0.5, 0.6) is 5.88 Å². The molecule has 3 aromatic heterocycles. The maximum Gasteiger partial charge on any atom is 0.309 e. The molecule has 2 aromatic carbocycles. The first-order valence-electron chi connectivity index (χ1n) is 10.5. The molecule has 0 atom stereocenters. The minimum atomic E-state index is -0.480. The zero-order valence-electron chi connectivity index (χ0n) is 17.9. The number of hydrogen-bond acceptors (Lipinski definition) is 5. The average molecular weight is 441 g/mol. The molecule has 5 rings (SSSR count). The van der Waals surface area contributed by atoms with E-state index in [-0.39, 0.29) is 11.7 Å². The van der Waals surface area contributed by atoms with Gasteiger partial charge in [0.15, 0.2) is 5.65 Å². The Kier molecular flexibility index (Phi) is 5.44. The van der Waals surface area contributed by atoms with Crippen LogP contribution >= 0.6 is 0 Å². The third-order valence-electron chi connectivity index (χ3n) is 5.23. The molecule has 0 aliphatic heterocycles. The van der Waals surface area contributed by atoms with Crippen molar-refractivity contribution < 1.29 is 18.3 Å². The van der Waals surface area contributed by atoms with Crippen molar-refractivity contribution in [3.05, 3.63) is 108 Å². The Morgan fingerprint density at radius 1 is 0.970 bits per heavy atom. The highest BCUT2D eigenvalue weighted by Crippen LogP contribution is 2.30. The first-order chi connectivity index (χ1) is 16.1. The van der Waals surface area contributed by atoms with Crippen molar-refractivity contribution >= 4 is 11.6 Å². The molecule has 0 aliphatic carbocycles. The van der Waals surface area contributed by atoms with Gasteiger partial charge < -0.3 is 9.15 Å². The summed E-state index contributed by atoms with van der Waals surface area (Å²) in [5.41, 5.74) is 3.51. The van der Waals surface area contributed by atoms with E-state index in [1.807, 2.05) is 36.4 Å². The minimum Gasteiger partial charge on any atom is -0.469 e. The summed E-state index contributed by atoms with van der Waals surface area (Å²) in [6.07, 6.45) is 4.04. The van der Waals surface area contributed by atoms with Gasteiger partial charge >= 0.3 is 5.97 Å². The number of benzene rings is 2. The lowest BCUT2D eigenvalue weighted by Gasteiger charge is -2.10. The van der Waals surface area contributed by atoms with Gasteiger partial charge in [0.1, 0.15) is 17.3 Å². The van der Waals surface area contributed by atoms with Gasteiger partial charge in [0.25, 0.3) is 0 Å². The highest BCUT2D eigenvalue weighted by Gasteiger charge is 2.22. The van der Waals surface area contributed by atoms with E-state index in [1.165, 1.54) is 13.0 Å². The number of hydrogen-bond donors (Lipinski definition) is 0. The van der Waals surface area contributed by atoms with Crippen LogP contribution in [0.1, 0.15) is 29.6 Å². The third-order valence-corrected chi connectivity index (χ3v) is 5.23. The summed E-state index contributed by atoms with van der Waals surface area (Å²) in [4.78, 5) is 21.5. The van der Waals surface area contributed by atoms with Crippen LogP contribution in [-0.2, 0) is 17.6 Å². The molecule has 0 aliphatic rings. The van der Waals surface area contributed by atoms with Crippen LogP contribution in [0.25, 0.3) is 16.9 Å². The monoisotopic (exact) mass is 441 g/mol. The molecule has 0 radical (unpaired) electrons. The van der Waals surface area contributed by atoms with Crippen molar-refractivity contribution in [2.24, 2.45) is 0 Å². The van der Waals surface area contributed by atoms with Gasteiger partial charge in [-0.15, -0.1) is 0 Å². The number of carbonyl (C=O) groups excluding carboxylic acids is 1. The number of aromatic nitrogens is 3. The maximum absolute atomic E-state index is 14.6. The second-order valence-corrected chi connectivity index (χ2v) is 7.62. The van der Waals surface area contributed by atoms with Crippen molar-refractivity contribution in [1.29, 1.82) is 0 Å². The smallest absolute Gasteiger partial charge is 0.309 e. The SMILES string of the molecule is CC(=O)Oc1c(Cc2ccco2)nc2c(Cc3ccccc3)nc(-c3ccccc3F)cn12. The van der Waals surface area contributed by atoms with Crippen molar-refractivity contribution in [3.8, 4) is 17.1 Å². The number of furan rings is 1. The predicted molar refractivity (Wildman–Crippen MR) is 120 cm³/mol. The van der Waals surface area contributed by atoms with Gasteiger partial charge in [-0.05, 0) is 29.8 Å². The van der Waals surface area contributed by atoms with Crippen LogP contribution in [0.3, 0.4) is 0 Å². The lowest BCUT2D eigenvalue weighted by atomic mass is 10.1. The van der Waals surface area contributed by atoms with E-state index in [0.717, 1.165) is 5.56 Å². The highest BCUT2D eigenvalue weighted by atomic mass is 19.1. The average Bonchev–Trinajstić information content (AvgIpc) is 3.43. The van der Waals surface area contributed by atoms with Crippen molar-refractivity contribution in [1.82, 2.24) is 14.4 Å². The first-order valence-corrected chi connectivity index (χ1v) is 10.5. The molecule has 0 N–H and O–H groups in total. The van der Waals surface area contributed by atoms with E-state index in [0.29, 0.717) is 46.9 Å². The molecule has 3 heterocycles. The Hall–Kier alpha value is -4.26. The largest absolute Gasteiger partial charge is 0.469 e. The first kappa shape index (κ1) is 20.6. The van der Waals surface area contributed by atoms with Crippen LogP contribution in [0.4, 0.5) is 4.39 Å². The number of carbonyl (C=O) groups is 1. The summed E-state index contributed by atoms with van der Waals surface area (Å²) in [5.74, 6) is 0.0771. The van der Waals surface area contributed by atoms with E-state index in [1.54, 1.807) is 41.1 Å². The maximum atomic E-state index is 14.6. The Labute approximate surface area is 189 Å². The summed E-state index contributed by atoms with van der Waals surface area (Å²) in [5, 5.41) is 0. The van der Waals surface area contributed by atoms with Gasteiger partial charge in [-0.1, -0.05) is 42.5 Å². The van der Waals surface area contributed by atoms with Crippen LogP contribution in [0.15, 0.2) is 83.6 Å². The van der Waals surface area contributed by atoms with Crippen molar-refractivity contribution in [2.45, 2.75) is 19.8 Å². The zero-order valence-corrected chi connectivity index (χ0v) is 17.9. The van der Waals surface area contributed by atoms with E-state index < -0.39 is 5.97 Å². The summed E-state index contributed by atoms with van der Waals surface area (Å²) in [6, 6.07) is 19.9. The Morgan fingerprint density at radius 2 is 1.76 bits per heavy atom. The lowest BCUT2D eigenvalue weighted by Crippen LogP contribution is -2.07. The number of imidazole rings is 1. The number of esters is 1. The summed E-state index contributed by atoms with van der Waals surface area (Å²) in [7, 11) is 0. The molecule has 0 spiro atoms. The fourth-order valence-electron chi connectivity index (χ4n) is 3.78. The number of rotatable bonds is 6. The van der Waals surface area contributed by atoms with Crippen LogP contribution < -0.4 is 4.74 Å². The van der Waals surface area contributed by atoms with Gasteiger partial charge in [-0.2, -0.15) is 0 Å². The summed E-state index contributed by atoms with van der Waals surface area (Å²) < 4.78 is 27.4. The Balaban J connectivity index is 1.74. The number of nitrogens with zero attached hydrogens (tertiary/aromatic N) is 3. The van der Waals surface area contributed by atoms with E-state index >= 15 is 0 Å². The fraction of sp³-hybridized carbons (Fsp3) is 0.115.